The maximum atomic E-state index is 12.1. The summed E-state index contributed by atoms with van der Waals surface area (Å²) in [5, 5.41) is 15.1. The highest BCUT2D eigenvalue weighted by atomic mass is 16.1. The molecule has 0 aliphatic heterocycles. The molecule has 1 N–H and O–H groups in total. The summed E-state index contributed by atoms with van der Waals surface area (Å²) in [6.07, 6.45) is 1.56. The van der Waals surface area contributed by atoms with E-state index < -0.39 is 0 Å². The lowest BCUT2D eigenvalue weighted by molar-refractivity contribution is 0.102. The third kappa shape index (κ3) is 2.72. The average Bonchev–Trinajstić information content (AvgIpc) is 3.11. The van der Waals surface area contributed by atoms with Crippen molar-refractivity contribution in [2.45, 2.75) is 0 Å². The van der Waals surface area contributed by atoms with Crippen LogP contribution in [0.3, 0.4) is 0 Å². The summed E-state index contributed by atoms with van der Waals surface area (Å²) in [6.45, 7) is 0. The molecule has 116 valence electrons. The van der Waals surface area contributed by atoms with Crippen molar-refractivity contribution in [1.29, 1.82) is 0 Å². The fraction of sp³-hybridized carbons (Fsp3) is 0. The minimum absolute atomic E-state index is 0.132. The number of carbonyl (C=O) groups excluding carboxylic acids is 1. The number of hydrogen-bond donors (Lipinski definition) is 1. The van der Waals surface area contributed by atoms with Crippen molar-refractivity contribution in [2.24, 2.45) is 0 Å². The zero-order valence-electron chi connectivity index (χ0n) is 12.6. The Bertz CT molecular complexity index is 993. The van der Waals surface area contributed by atoms with Crippen LogP contribution in [0.2, 0.25) is 0 Å². The first-order valence-corrected chi connectivity index (χ1v) is 7.43. The van der Waals surface area contributed by atoms with Crippen LogP contribution in [0.4, 0.5) is 5.69 Å². The maximum Gasteiger partial charge on any atom is 0.255 e. The Balaban J connectivity index is 1.55. The van der Waals surface area contributed by atoms with Gasteiger partial charge in [0.1, 0.15) is 6.33 Å². The lowest BCUT2D eigenvalue weighted by atomic mass is 10.1. The molecule has 0 radical (unpaired) electrons. The smallest absolute Gasteiger partial charge is 0.255 e. The molecule has 0 spiro atoms. The Morgan fingerprint density at radius 2 is 1.71 bits per heavy atom. The number of nitrogens with one attached hydrogen (secondary N) is 1. The Hall–Kier alpha value is -3.54. The van der Waals surface area contributed by atoms with Crippen LogP contribution < -0.4 is 5.32 Å². The minimum Gasteiger partial charge on any atom is -0.322 e. The van der Waals surface area contributed by atoms with Crippen LogP contribution in [0.5, 0.6) is 0 Å². The predicted molar refractivity (Wildman–Crippen MR) is 90.6 cm³/mol. The van der Waals surface area contributed by atoms with Crippen molar-refractivity contribution in [3.63, 3.8) is 0 Å². The molecule has 0 unspecified atom stereocenters. The van der Waals surface area contributed by atoms with Crippen LogP contribution in [-0.2, 0) is 0 Å². The van der Waals surface area contributed by atoms with Gasteiger partial charge in [0.25, 0.3) is 5.91 Å². The molecule has 0 bridgehead atoms. The van der Waals surface area contributed by atoms with E-state index in [0.717, 1.165) is 16.9 Å². The summed E-state index contributed by atoms with van der Waals surface area (Å²) in [5.41, 5.74) is 3.82. The molecular weight excluding hydrogens is 302 g/mol. The summed E-state index contributed by atoms with van der Waals surface area (Å²) in [7, 11) is 0. The number of anilines is 1. The van der Waals surface area contributed by atoms with E-state index >= 15 is 0 Å². The van der Waals surface area contributed by atoms with Gasteiger partial charge in [-0.05, 0) is 36.4 Å². The highest BCUT2D eigenvalue weighted by Crippen LogP contribution is 2.20. The van der Waals surface area contributed by atoms with E-state index in [0.29, 0.717) is 11.2 Å². The number of nitrogens with zero attached hydrogens (tertiary/aromatic N) is 4. The van der Waals surface area contributed by atoms with Gasteiger partial charge >= 0.3 is 0 Å². The van der Waals surface area contributed by atoms with Gasteiger partial charge in [0.05, 0.1) is 5.69 Å². The van der Waals surface area contributed by atoms with Crippen LogP contribution in [0.15, 0.2) is 73.1 Å². The van der Waals surface area contributed by atoms with Crippen molar-refractivity contribution in [2.75, 3.05) is 5.32 Å². The second kappa shape index (κ2) is 5.92. The Morgan fingerprint density at radius 3 is 2.50 bits per heavy atom. The number of hydrogen-bond acceptors (Lipinski definition) is 4. The number of amides is 1. The van der Waals surface area contributed by atoms with E-state index in [1.807, 2.05) is 54.6 Å². The van der Waals surface area contributed by atoms with Gasteiger partial charge in [0.2, 0.25) is 0 Å². The number of rotatable bonds is 3. The number of benzene rings is 2. The van der Waals surface area contributed by atoms with Gasteiger partial charge in [-0.15, -0.1) is 10.2 Å². The molecule has 2 aromatic carbocycles. The average molecular weight is 315 g/mol. The molecule has 4 aromatic rings. The third-order valence-corrected chi connectivity index (χ3v) is 3.64. The summed E-state index contributed by atoms with van der Waals surface area (Å²) in [6, 6.07) is 20.4. The molecule has 6 nitrogen and oxygen atoms in total. The SMILES string of the molecule is O=C(Nc1ccc(-c2ccc3nncn3n2)cc1)c1ccccc1. The Labute approximate surface area is 137 Å². The zero-order chi connectivity index (χ0) is 16.4. The van der Waals surface area contributed by atoms with E-state index in [1.54, 1.807) is 23.0 Å². The van der Waals surface area contributed by atoms with Crippen LogP contribution in [0.25, 0.3) is 16.9 Å². The normalized spacial score (nSPS) is 10.7. The first-order chi connectivity index (χ1) is 11.8. The van der Waals surface area contributed by atoms with E-state index in [1.165, 1.54) is 0 Å². The van der Waals surface area contributed by atoms with Gasteiger partial charge in [-0.25, -0.2) is 0 Å². The second-order valence-electron chi connectivity index (χ2n) is 5.25. The molecule has 0 fully saturated rings. The molecule has 0 saturated heterocycles. The van der Waals surface area contributed by atoms with E-state index in [-0.39, 0.29) is 5.91 Å². The van der Waals surface area contributed by atoms with Crippen molar-refractivity contribution in [3.8, 4) is 11.3 Å². The predicted octanol–water partition coefficient (Wildman–Crippen LogP) is 3.04. The largest absolute Gasteiger partial charge is 0.322 e. The fourth-order valence-corrected chi connectivity index (χ4v) is 2.40. The van der Waals surface area contributed by atoms with Gasteiger partial charge in [-0.3, -0.25) is 4.79 Å². The number of aromatic nitrogens is 4. The number of carbonyl (C=O) groups is 1. The Morgan fingerprint density at radius 1 is 0.917 bits per heavy atom. The fourth-order valence-electron chi connectivity index (χ4n) is 2.40. The molecule has 2 aromatic heterocycles. The van der Waals surface area contributed by atoms with E-state index in [4.69, 9.17) is 0 Å². The molecule has 0 aliphatic carbocycles. The first kappa shape index (κ1) is 14.1. The lowest BCUT2D eigenvalue weighted by Gasteiger charge is -2.06. The van der Waals surface area contributed by atoms with Gasteiger partial charge in [0, 0.05) is 16.8 Å². The van der Waals surface area contributed by atoms with Crippen molar-refractivity contribution >= 4 is 17.2 Å². The summed E-state index contributed by atoms with van der Waals surface area (Å²) in [5.74, 6) is -0.132. The molecule has 0 saturated carbocycles. The van der Waals surface area contributed by atoms with Gasteiger partial charge in [-0.2, -0.15) is 9.61 Å². The highest BCUT2D eigenvalue weighted by molar-refractivity contribution is 6.04. The van der Waals surface area contributed by atoms with Gasteiger partial charge in [0.15, 0.2) is 5.65 Å². The molecule has 1 amide bonds. The quantitative estimate of drug-likeness (QED) is 0.631. The minimum atomic E-state index is -0.132. The molecule has 24 heavy (non-hydrogen) atoms. The van der Waals surface area contributed by atoms with Gasteiger partial charge in [-0.1, -0.05) is 30.3 Å². The topological polar surface area (TPSA) is 72.2 Å². The Kier molecular flexibility index (Phi) is 3.47. The molecule has 6 heteroatoms. The summed E-state index contributed by atoms with van der Waals surface area (Å²) < 4.78 is 1.63. The lowest BCUT2D eigenvalue weighted by Crippen LogP contribution is -2.11. The molecule has 4 rings (SSSR count). The van der Waals surface area contributed by atoms with Crippen LogP contribution >= 0.6 is 0 Å². The number of fused-ring (bicyclic) bond motifs is 1. The summed E-state index contributed by atoms with van der Waals surface area (Å²) in [4.78, 5) is 12.1. The molecule has 0 aliphatic rings. The molecule has 2 heterocycles. The second-order valence-corrected chi connectivity index (χ2v) is 5.25. The summed E-state index contributed by atoms with van der Waals surface area (Å²) >= 11 is 0. The zero-order valence-corrected chi connectivity index (χ0v) is 12.6. The molecule has 0 atom stereocenters. The van der Waals surface area contributed by atoms with Crippen molar-refractivity contribution < 1.29 is 4.79 Å². The third-order valence-electron chi connectivity index (χ3n) is 3.64. The van der Waals surface area contributed by atoms with Crippen LogP contribution in [-0.4, -0.2) is 25.7 Å². The monoisotopic (exact) mass is 315 g/mol. The van der Waals surface area contributed by atoms with Crippen LogP contribution in [0, 0.1) is 0 Å². The van der Waals surface area contributed by atoms with Crippen molar-refractivity contribution in [3.05, 3.63) is 78.6 Å². The highest BCUT2D eigenvalue weighted by Gasteiger charge is 2.06. The van der Waals surface area contributed by atoms with Gasteiger partial charge < -0.3 is 5.32 Å². The van der Waals surface area contributed by atoms with E-state index in [9.17, 15) is 4.79 Å². The van der Waals surface area contributed by atoms with E-state index in [2.05, 4.69) is 20.6 Å². The maximum absolute atomic E-state index is 12.1. The van der Waals surface area contributed by atoms with Crippen molar-refractivity contribution in [1.82, 2.24) is 19.8 Å². The first-order valence-electron chi connectivity index (χ1n) is 7.43. The van der Waals surface area contributed by atoms with Crippen LogP contribution in [0.1, 0.15) is 10.4 Å². The molecular formula is C18H13N5O. The standard InChI is InChI=1S/C18H13N5O/c24-18(14-4-2-1-3-5-14)20-15-8-6-13(7-9-15)16-10-11-17-21-19-12-23(17)22-16/h1-12H,(H,20,24).